The molecular weight excluding hydrogens is 230 g/mol. The lowest BCUT2D eigenvalue weighted by Gasteiger charge is -2.26. The second kappa shape index (κ2) is 5.87. The summed E-state index contributed by atoms with van der Waals surface area (Å²) in [4.78, 5) is 13.4. The van der Waals surface area contributed by atoms with Crippen LogP contribution in [0.25, 0.3) is 0 Å². The van der Waals surface area contributed by atoms with Gasteiger partial charge in [0.05, 0.1) is 32.8 Å². The van der Waals surface area contributed by atoms with Crippen molar-refractivity contribution in [1.29, 1.82) is 0 Å². The van der Waals surface area contributed by atoms with Gasteiger partial charge in [-0.2, -0.15) is 0 Å². The van der Waals surface area contributed by atoms with Gasteiger partial charge < -0.3 is 14.4 Å². The first-order valence-corrected chi connectivity index (χ1v) is 6.35. The van der Waals surface area contributed by atoms with E-state index in [4.69, 9.17) is 9.47 Å². The van der Waals surface area contributed by atoms with Gasteiger partial charge in [-0.1, -0.05) is 0 Å². The molecule has 0 amide bonds. The number of rotatable bonds is 3. The Morgan fingerprint density at radius 1 is 1.22 bits per heavy atom. The first kappa shape index (κ1) is 12.9. The highest BCUT2D eigenvalue weighted by Crippen LogP contribution is 2.14. The molecule has 0 atom stereocenters. The van der Waals surface area contributed by atoms with Gasteiger partial charge in [-0.05, 0) is 24.3 Å². The number of likely N-dealkylation sites (tertiary alicyclic amines) is 1. The van der Waals surface area contributed by atoms with E-state index >= 15 is 0 Å². The summed E-state index contributed by atoms with van der Waals surface area (Å²) in [6, 6.07) is 7.02. The quantitative estimate of drug-likeness (QED) is 0.796. The smallest absolute Gasteiger partial charge is 0.338 e. The maximum absolute atomic E-state index is 11.9. The molecule has 0 bridgehead atoms. The van der Waals surface area contributed by atoms with Crippen molar-refractivity contribution in [3.63, 3.8) is 0 Å². The first-order valence-electron chi connectivity index (χ1n) is 6.35. The lowest BCUT2D eigenvalue weighted by Crippen LogP contribution is -3.10. The third kappa shape index (κ3) is 3.23. The van der Waals surface area contributed by atoms with Crippen LogP contribution in [0.15, 0.2) is 24.3 Å². The maximum Gasteiger partial charge on any atom is 0.338 e. The van der Waals surface area contributed by atoms with Gasteiger partial charge in [0, 0.05) is 12.8 Å². The zero-order valence-electron chi connectivity index (χ0n) is 10.9. The molecule has 1 aromatic carbocycles. The Balaban J connectivity index is 1.90. The van der Waals surface area contributed by atoms with Crippen LogP contribution in [0.4, 0.5) is 0 Å². The van der Waals surface area contributed by atoms with Gasteiger partial charge in [0.15, 0.2) is 0 Å². The summed E-state index contributed by atoms with van der Waals surface area (Å²) < 4.78 is 10.6. The van der Waals surface area contributed by atoms with Crippen molar-refractivity contribution < 1.29 is 19.2 Å². The molecule has 0 spiro atoms. The molecule has 0 saturated carbocycles. The van der Waals surface area contributed by atoms with Crippen LogP contribution in [0.5, 0.6) is 5.75 Å². The summed E-state index contributed by atoms with van der Waals surface area (Å²) in [7, 11) is 3.77. The molecule has 98 valence electrons. The number of carbonyl (C=O) groups is 1. The minimum absolute atomic E-state index is 0.0725. The number of nitrogens with one attached hydrogen (secondary N) is 1. The Bertz CT molecular complexity index is 394. The number of piperidine rings is 1. The molecule has 1 aliphatic heterocycles. The van der Waals surface area contributed by atoms with Gasteiger partial charge in [0.25, 0.3) is 0 Å². The second-order valence-electron chi connectivity index (χ2n) is 4.79. The summed E-state index contributed by atoms with van der Waals surface area (Å²) in [5, 5.41) is 0. The van der Waals surface area contributed by atoms with E-state index in [1.807, 2.05) is 0 Å². The molecular formula is C14H20NO3+. The number of hydrogen-bond acceptors (Lipinski definition) is 3. The van der Waals surface area contributed by atoms with Gasteiger partial charge in [-0.25, -0.2) is 4.79 Å². The van der Waals surface area contributed by atoms with Crippen LogP contribution >= 0.6 is 0 Å². The van der Waals surface area contributed by atoms with E-state index in [0.29, 0.717) is 5.56 Å². The number of esters is 1. The van der Waals surface area contributed by atoms with E-state index in [9.17, 15) is 4.79 Å². The van der Waals surface area contributed by atoms with Crippen molar-refractivity contribution in [2.75, 3.05) is 27.2 Å². The topological polar surface area (TPSA) is 40.0 Å². The molecule has 2 rings (SSSR count). The largest absolute Gasteiger partial charge is 0.497 e. The lowest BCUT2D eigenvalue weighted by molar-refractivity contribution is -0.885. The normalized spacial score (nSPS) is 23.4. The highest BCUT2D eigenvalue weighted by atomic mass is 16.5. The zero-order valence-corrected chi connectivity index (χ0v) is 10.9. The third-order valence-electron chi connectivity index (χ3n) is 3.39. The number of hydrogen-bond donors (Lipinski definition) is 1. The Morgan fingerprint density at radius 3 is 2.39 bits per heavy atom. The molecule has 4 heteroatoms. The van der Waals surface area contributed by atoms with Gasteiger partial charge in [-0.3, -0.25) is 0 Å². The van der Waals surface area contributed by atoms with E-state index in [0.717, 1.165) is 31.7 Å². The summed E-state index contributed by atoms with van der Waals surface area (Å²) in [6.45, 7) is 2.14. The van der Waals surface area contributed by atoms with E-state index in [1.54, 1.807) is 31.4 Å². The monoisotopic (exact) mass is 250 g/mol. The van der Waals surface area contributed by atoms with Crippen LogP contribution in [0.3, 0.4) is 0 Å². The van der Waals surface area contributed by atoms with Crippen molar-refractivity contribution >= 4 is 5.97 Å². The predicted molar refractivity (Wildman–Crippen MR) is 68.1 cm³/mol. The second-order valence-corrected chi connectivity index (χ2v) is 4.79. The fourth-order valence-electron chi connectivity index (χ4n) is 2.15. The molecule has 1 saturated heterocycles. The summed E-state index contributed by atoms with van der Waals surface area (Å²) in [6.07, 6.45) is 1.98. The van der Waals surface area contributed by atoms with E-state index in [-0.39, 0.29) is 12.1 Å². The fourth-order valence-corrected chi connectivity index (χ4v) is 2.15. The van der Waals surface area contributed by atoms with Crippen LogP contribution < -0.4 is 9.64 Å². The van der Waals surface area contributed by atoms with Crippen LogP contribution in [-0.2, 0) is 4.74 Å². The Labute approximate surface area is 107 Å². The lowest BCUT2D eigenvalue weighted by atomic mass is 10.1. The Morgan fingerprint density at radius 2 is 1.83 bits per heavy atom. The number of quaternary nitrogens is 1. The molecule has 4 nitrogen and oxygen atoms in total. The molecule has 1 aromatic rings. The van der Waals surface area contributed by atoms with Crippen LogP contribution in [0, 0.1) is 0 Å². The highest BCUT2D eigenvalue weighted by Gasteiger charge is 2.23. The Hall–Kier alpha value is -1.55. The number of ether oxygens (including phenoxy) is 2. The molecule has 1 heterocycles. The third-order valence-corrected chi connectivity index (χ3v) is 3.39. The van der Waals surface area contributed by atoms with Crippen LogP contribution in [0.2, 0.25) is 0 Å². The van der Waals surface area contributed by atoms with Gasteiger partial charge >= 0.3 is 5.97 Å². The minimum Gasteiger partial charge on any atom is -0.497 e. The SMILES string of the molecule is COc1ccc(C(=O)OC2CC[NH+](C)CC2)cc1. The van der Waals surface area contributed by atoms with Gasteiger partial charge in [0.2, 0.25) is 0 Å². The summed E-state index contributed by atoms with van der Waals surface area (Å²) in [5.41, 5.74) is 0.585. The average molecular weight is 250 g/mol. The van der Waals surface area contributed by atoms with E-state index in [2.05, 4.69) is 7.05 Å². The highest BCUT2D eigenvalue weighted by molar-refractivity contribution is 5.89. The molecule has 1 N–H and O–H groups in total. The van der Waals surface area contributed by atoms with Gasteiger partial charge in [0.1, 0.15) is 11.9 Å². The molecule has 0 aliphatic carbocycles. The van der Waals surface area contributed by atoms with Gasteiger partial charge in [-0.15, -0.1) is 0 Å². The molecule has 0 unspecified atom stereocenters. The number of carbonyl (C=O) groups excluding carboxylic acids is 1. The summed E-state index contributed by atoms with van der Waals surface area (Å²) >= 11 is 0. The first-order chi connectivity index (χ1) is 8.69. The Kier molecular flexibility index (Phi) is 4.20. The van der Waals surface area contributed by atoms with Crippen molar-refractivity contribution in [2.45, 2.75) is 18.9 Å². The standard InChI is InChI=1S/C14H19NO3/c1-15-9-7-13(8-10-15)18-14(16)11-3-5-12(17-2)6-4-11/h3-6,13H,7-10H2,1-2H3/p+1. The molecule has 18 heavy (non-hydrogen) atoms. The molecule has 0 aromatic heterocycles. The molecule has 0 radical (unpaired) electrons. The molecule has 1 fully saturated rings. The minimum atomic E-state index is -0.234. The summed E-state index contributed by atoms with van der Waals surface area (Å²) in [5.74, 6) is 0.511. The van der Waals surface area contributed by atoms with E-state index in [1.165, 1.54) is 4.90 Å². The van der Waals surface area contributed by atoms with Crippen molar-refractivity contribution in [3.05, 3.63) is 29.8 Å². The number of benzene rings is 1. The van der Waals surface area contributed by atoms with Crippen molar-refractivity contribution in [2.24, 2.45) is 0 Å². The van der Waals surface area contributed by atoms with E-state index < -0.39 is 0 Å². The predicted octanol–water partition coefficient (Wildman–Crippen LogP) is 0.529. The van der Waals surface area contributed by atoms with Crippen molar-refractivity contribution in [3.8, 4) is 5.75 Å². The molecule has 1 aliphatic rings. The maximum atomic E-state index is 11.9. The number of methoxy groups -OCH3 is 1. The van der Waals surface area contributed by atoms with Crippen LogP contribution in [-0.4, -0.2) is 39.3 Å². The fraction of sp³-hybridized carbons (Fsp3) is 0.500. The zero-order chi connectivity index (χ0) is 13.0. The van der Waals surface area contributed by atoms with Crippen LogP contribution in [0.1, 0.15) is 23.2 Å². The average Bonchev–Trinajstić information content (AvgIpc) is 2.41. The van der Waals surface area contributed by atoms with Crippen molar-refractivity contribution in [1.82, 2.24) is 0 Å².